The molecular weight excluding hydrogens is 184 g/mol. The molecule has 0 amide bonds. The SMILES string of the molecule is C#Cc1cccc(C(F)(F)CCN)c1. The number of hydrogen-bond donors (Lipinski definition) is 1. The van der Waals surface area contributed by atoms with Crippen molar-refractivity contribution in [3.8, 4) is 12.3 Å². The summed E-state index contributed by atoms with van der Waals surface area (Å²) in [5.41, 5.74) is 5.49. The maximum atomic E-state index is 13.3. The van der Waals surface area contributed by atoms with Crippen molar-refractivity contribution in [3.05, 3.63) is 35.4 Å². The van der Waals surface area contributed by atoms with Gasteiger partial charge in [0.1, 0.15) is 0 Å². The van der Waals surface area contributed by atoms with Crippen molar-refractivity contribution in [1.82, 2.24) is 0 Å². The van der Waals surface area contributed by atoms with Crippen LogP contribution in [-0.2, 0) is 5.92 Å². The summed E-state index contributed by atoms with van der Waals surface area (Å²) in [6, 6.07) is 5.81. The molecule has 0 aliphatic carbocycles. The van der Waals surface area contributed by atoms with Crippen LogP contribution in [0, 0.1) is 12.3 Å². The van der Waals surface area contributed by atoms with Gasteiger partial charge >= 0.3 is 0 Å². The molecule has 0 radical (unpaired) electrons. The van der Waals surface area contributed by atoms with Crippen LogP contribution < -0.4 is 5.73 Å². The summed E-state index contributed by atoms with van der Waals surface area (Å²) in [6.07, 6.45) is 4.76. The highest BCUT2D eigenvalue weighted by atomic mass is 19.3. The molecule has 0 saturated heterocycles. The number of halogens is 2. The zero-order chi connectivity index (χ0) is 10.6. The minimum atomic E-state index is -2.89. The Bertz CT molecular complexity index is 353. The Hall–Kier alpha value is -1.40. The number of hydrogen-bond acceptors (Lipinski definition) is 1. The lowest BCUT2D eigenvalue weighted by molar-refractivity contribution is -0.0107. The Morgan fingerprint density at radius 1 is 1.43 bits per heavy atom. The molecule has 0 saturated carbocycles. The van der Waals surface area contributed by atoms with E-state index in [4.69, 9.17) is 12.2 Å². The second kappa shape index (κ2) is 4.21. The molecule has 1 aromatic carbocycles. The first-order chi connectivity index (χ1) is 6.60. The van der Waals surface area contributed by atoms with Crippen molar-refractivity contribution in [2.45, 2.75) is 12.3 Å². The van der Waals surface area contributed by atoms with Crippen molar-refractivity contribution in [2.75, 3.05) is 6.54 Å². The van der Waals surface area contributed by atoms with E-state index in [0.717, 1.165) is 0 Å². The number of alkyl halides is 2. The summed E-state index contributed by atoms with van der Waals surface area (Å²) in [5, 5.41) is 0. The number of terminal acetylenes is 1. The Morgan fingerprint density at radius 2 is 2.14 bits per heavy atom. The molecule has 0 aliphatic rings. The van der Waals surface area contributed by atoms with Crippen LogP contribution in [0.5, 0.6) is 0 Å². The third-order valence-electron chi connectivity index (χ3n) is 1.91. The summed E-state index contributed by atoms with van der Waals surface area (Å²) < 4.78 is 26.6. The average molecular weight is 195 g/mol. The van der Waals surface area contributed by atoms with Crippen molar-refractivity contribution < 1.29 is 8.78 Å². The minimum absolute atomic E-state index is 0.0483. The standard InChI is InChI=1S/C11H11F2N/c1-2-9-4-3-5-10(8-9)11(12,13)6-7-14/h1,3-5,8H,6-7,14H2. The van der Waals surface area contributed by atoms with Gasteiger partial charge in [0.15, 0.2) is 0 Å². The van der Waals surface area contributed by atoms with Gasteiger partial charge in [-0.05, 0) is 18.7 Å². The van der Waals surface area contributed by atoms with Crippen LogP contribution in [-0.4, -0.2) is 6.54 Å². The number of rotatable bonds is 3. The summed E-state index contributed by atoms with van der Waals surface area (Å²) in [4.78, 5) is 0. The second-order valence-corrected chi connectivity index (χ2v) is 2.97. The smallest absolute Gasteiger partial charge is 0.274 e. The van der Waals surface area contributed by atoms with Crippen LogP contribution in [0.1, 0.15) is 17.5 Å². The predicted molar refractivity (Wildman–Crippen MR) is 51.9 cm³/mol. The maximum absolute atomic E-state index is 13.3. The van der Waals surface area contributed by atoms with Gasteiger partial charge in [0, 0.05) is 17.5 Å². The average Bonchev–Trinajstić information content (AvgIpc) is 2.18. The lowest BCUT2D eigenvalue weighted by atomic mass is 10.0. The molecule has 1 nitrogen and oxygen atoms in total. The summed E-state index contributed by atoms with van der Waals surface area (Å²) >= 11 is 0. The molecular formula is C11H11F2N. The van der Waals surface area contributed by atoms with E-state index in [1.807, 2.05) is 0 Å². The third kappa shape index (κ3) is 2.30. The molecule has 1 aromatic rings. The maximum Gasteiger partial charge on any atom is 0.274 e. The molecule has 0 unspecified atom stereocenters. The third-order valence-corrected chi connectivity index (χ3v) is 1.91. The van der Waals surface area contributed by atoms with Gasteiger partial charge in [-0.2, -0.15) is 0 Å². The highest BCUT2D eigenvalue weighted by Crippen LogP contribution is 2.31. The first-order valence-electron chi connectivity index (χ1n) is 4.25. The molecule has 3 heteroatoms. The van der Waals surface area contributed by atoms with E-state index < -0.39 is 5.92 Å². The van der Waals surface area contributed by atoms with E-state index >= 15 is 0 Å². The van der Waals surface area contributed by atoms with Gasteiger partial charge < -0.3 is 5.73 Å². The second-order valence-electron chi connectivity index (χ2n) is 2.97. The van der Waals surface area contributed by atoms with Crippen molar-refractivity contribution in [3.63, 3.8) is 0 Å². The molecule has 0 bridgehead atoms. The zero-order valence-electron chi connectivity index (χ0n) is 7.63. The Morgan fingerprint density at radius 3 is 2.71 bits per heavy atom. The van der Waals surface area contributed by atoms with Gasteiger partial charge in [-0.3, -0.25) is 0 Å². The van der Waals surface area contributed by atoms with Crippen LogP contribution >= 0.6 is 0 Å². The predicted octanol–water partition coefficient (Wildman–Crippen LogP) is 2.11. The Labute approximate surface area is 81.9 Å². The molecule has 74 valence electrons. The van der Waals surface area contributed by atoms with E-state index in [9.17, 15) is 8.78 Å². The van der Waals surface area contributed by atoms with Crippen molar-refractivity contribution >= 4 is 0 Å². The molecule has 0 heterocycles. The van der Waals surface area contributed by atoms with Crippen LogP contribution in [0.3, 0.4) is 0 Å². The van der Waals surface area contributed by atoms with E-state index in [-0.39, 0.29) is 18.5 Å². The van der Waals surface area contributed by atoms with Gasteiger partial charge in [-0.15, -0.1) is 6.42 Å². The van der Waals surface area contributed by atoms with Crippen LogP contribution in [0.4, 0.5) is 8.78 Å². The highest BCUT2D eigenvalue weighted by Gasteiger charge is 2.30. The normalized spacial score (nSPS) is 11.0. The highest BCUT2D eigenvalue weighted by molar-refractivity contribution is 5.36. The summed E-state index contributed by atoms with van der Waals surface area (Å²) in [6.45, 7) is -0.0483. The quantitative estimate of drug-likeness (QED) is 0.734. The van der Waals surface area contributed by atoms with Crippen LogP contribution in [0.25, 0.3) is 0 Å². The van der Waals surface area contributed by atoms with E-state index in [0.29, 0.717) is 5.56 Å². The Kier molecular flexibility index (Phi) is 3.21. The molecule has 14 heavy (non-hydrogen) atoms. The summed E-state index contributed by atoms with van der Waals surface area (Å²) in [7, 11) is 0. The monoisotopic (exact) mass is 195 g/mol. The Balaban J connectivity index is 3.01. The van der Waals surface area contributed by atoms with Crippen LogP contribution in [0.15, 0.2) is 24.3 Å². The molecule has 1 rings (SSSR count). The van der Waals surface area contributed by atoms with Crippen molar-refractivity contribution in [1.29, 1.82) is 0 Å². The first-order valence-corrected chi connectivity index (χ1v) is 4.25. The van der Waals surface area contributed by atoms with Crippen LogP contribution in [0.2, 0.25) is 0 Å². The van der Waals surface area contributed by atoms with Gasteiger partial charge in [-0.25, -0.2) is 8.78 Å². The fraction of sp³-hybridized carbons (Fsp3) is 0.273. The largest absolute Gasteiger partial charge is 0.330 e. The zero-order valence-corrected chi connectivity index (χ0v) is 7.63. The fourth-order valence-corrected chi connectivity index (χ4v) is 1.16. The fourth-order valence-electron chi connectivity index (χ4n) is 1.16. The molecule has 2 N–H and O–H groups in total. The van der Waals surface area contributed by atoms with Gasteiger partial charge in [0.05, 0.1) is 0 Å². The van der Waals surface area contributed by atoms with E-state index in [2.05, 4.69) is 5.92 Å². The van der Waals surface area contributed by atoms with Crippen molar-refractivity contribution in [2.24, 2.45) is 5.73 Å². The minimum Gasteiger partial charge on any atom is -0.330 e. The molecule has 0 fully saturated rings. The molecule has 0 spiro atoms. The molecule has 0 aromatic heterocycles. The number of benzene rings is 1. The molecule has 0 atom stereocenters. The topological polar surface area (TPSA) is 26.0 Å². The van der Waals surface area contributed by atoms with E-state index in [1.165, 1.54) is 18.2 Å². The van der Waals surface area contributed by atoms with Gasteiger partial charge in [0.25, 0.3) is 5.92 Å². The van der Waals surface area contributed by atoms with E-state index in [1.54, 1.807) is 6.07 Å². The lowest BCUT2D eigenvalue weighted by Gasteiger charge is -2.15. The van der Waals surface area contributed by atoms with Gasteiger partial charge in [-0.1, -0.05) is 18.1 Å². The number of nitrogens with two attached hydrogens (primary N) is 1. The first kappa shape index (κ1) is 10.7. The van der Waals surface area contributed by atoms with Gasteiger partial charge in [0.2, 0.25) is 0 Å². The molecule has 0 aliphatic heterocycles. The lowest BCUT2D eigenvalue weighted by Crippen LogP contribution is -2.18. The summed E-state index contributed by atoms with van der Waals surface area (Å²) in [5.74, 6) is -0.570.